The summed E-state index contributed by atoms with van der Waals surface area (Å²) in [5.74, 6) is -0.193. The Morgan fingerprint density at radius 1 is 1.20 bits per heavy atom. The SMILES string of the molecule is C\C=C/C=C(F)\C(=C/C)C(CC)N1CCN(C(=O)OC(C)(C)C)CC1. The van der Waals surface area contributed by atoms with E-state index in [0.717, 1.165) is 6.42 Å². The zero-order valence-electron chi connectivity index (χ0n) is 16.5. The van der Waals surface area contributed by atoms with Gasteiger partial charge in [-0.1, -0.05) is 25.2 Å². The van der Waals surface area contributed by atoms with Crippen LogP contribution in [-0.4, -0.2) is 53.7 Å². The summed E-state index contributed by atoms with van der Waals surface area (Å²) < 4.78 is 19.9. The summed E-state index contributed by atoms with van der Waals surface area (Å²) in [4.78, 5) is 16.2. The lowest BCUT2D eigenvalue weighted by Gasteiger charge is -2.40. The van der Waals surface area contributed by atoms with E-state index in [1.54, 1.807) is 11.0 Å². The van der Waals surface area contributed by atoms with Gasteiger partial charge in [0.05, 0.1) is 0 Å². The van der Waals surface area contributed by atoms with Crippen LogP contribution in [0.1, 0.15) is 48.0 Å². The number of halogens is 1. The van der Waals surface area contributed by atoms with Crippen molar-refractivity contribution in [2.24, 2.45) is 0 Å². The lowest BCUT2D eigenvalue weighted by molar-refractivity contribution is 0.0117. The molecule has 0 aromatic carbocycles. The van der Waals surface area contributed by atoms with Crippen LogP contribution in [0.25, 0.3) is 0 Å². The number of rotatable bonds is 5. The van der Waals surface area contributed by atoms with Crippen LogP contribution >= 0.6 is 0 Å². The van der Waals surface area contributed by atoms with Gasteiger partial charge < -0.3 is 9.64 Å². The highest BCUT2D eigenvalue weighted by atomic mass is 19.1. The van der Waals surface area contributed by atoms with Crippen molar-refractivity contribution in [3.05, 3.63) is 35.7 Å². The Morgan fingerprint density at radius 2 is 1.80 bits per heavy atom. The van der Waals surface area contributed by atoms with Gasteiger partial charge in [0.1, 0.15) is 11.4 Å². The summed E-state index contributed by atoms with van der Waals surface area (Å²) in [7, 11) is 0. The van der Waals surface area contributed by atoms with E-state index in [9.17, 15) is 9.18 Å². The zero-order chi connectivity index (χ0) is 19.0. The third kappa shape index (κ3) is 6.65. The molecule has 0 aliphatic carbocycles. The summed E-state index contributed by atoms with van der Waals surface area (Å²) in [5.41, 5.74) is 0.227. The van der Waals surface area contributed by atoms with Crippen LogP contribution in [0.2, 0.25) is 0 Å². The number of carbonyl (C=O) groups excluding carboxylic acids is 1. The van der Waals surface area contributed by atoms with Crippen LogP contribution in [0, 0.1) is 0 Å². The van der Waals surface area contributed by atoms with Gasteiger partial charge in [-0.05, 0) is 47.1 Å². The first-order chi connectivity index (χ1) is 11.7. The molecule has 1 rings (SSSR count). The first-order valence-electron chi connectivity index (χ1n) is 9.10. The summed E-state index contributed by atoms with van der Waals surface area (Å²) >= 11 is 0. The van der Waals surface area contributed by atoms with Gasteiger partial charge in [-0.15, -0.1) is 0 Å². The molecule has 1 aliphatic heterocycles. The number of hydrogen-bond acceptors (Lipinski definition) is 3. The normalized spacial score (nSPS) is 19.4. The maximum Gasteiger partial charge on any atom is 0.410 e. The lowest BCUT2D eigenvalue weighted by Crippen LogP contribution is -2.53. The minimum Gasteiger partial charge on any atom is -0.444 e. The molecule has 1 amide bonds. The largest absolute Gasteiger partial charge is 0.444 e. The van der Waals surface area contributed by atoms with Gasteiger partial charge in [-0.2, -0.15) is 0 Å². The maximum absolute atomic E-state index is 14.5. The van der Waals surface area contributed by atoms with Crippen LogP contribution in [-0.2, 0) is 4.74 Å². The molecule has 5 heteroatoms. The molecular weight excluding hydrogens is 319 g/mol. The van der Waals surface area contributed by atoms with Gasteiger partial charge in [-0.25, -0.2) is 9.18 Å². The van der Waals surface area contributed by atoms with Gasteiger partial charge in [0.25, 0.3) is 0 Å². The molecule has 4 nitrogen and oxygen atoms in total. The number of carbonyl (C=O) groups is 1. The minimum absolute atomic E-state index is 0.0206. The molecule has 0 N–H and O–H groups in total. The third-order valence-corrected chi connectivity index (χ3v) is 4.17. The van der Waals surface area contributed by atoms with Crippen molar-refractivity contribution < 1.29 is 13.9 Å². The molecule has 1 aliphatic rings. The van der Waals surface area contributed by atoms with Crippen LogP contribution in [0.5, 0.6) is 0 Å². The molecule has 0 spiro atoms. The number of ether oxygens (including phenoxy) is 1. The van der Waals surface area contributed by atoms with Crippen LogP contribution in [0.4, 0.5) is 9.18 Å². The predicted octanol–water partition coefficient (Wildman–Crippen LogP) is 4.69. The highest BCUT2D eigenvalue weighted by molar-refractivity contribution is 5.68. The van der Waals surface area contributed by atoms with Crippen LogP contribution in [0.15, 0.2) is 35.7 Å². The van der Waals surface area contributed by atoms with Crippen LogP contribution in [0.3, 0.4) is 0 Å². The molecule has 0 aromatic heterocycles. The van der Waals surface area contributed by atoms with Crippen molar-refractivity contribution in [2.45, 2.75) is 59.6 Å². The Balaban J connectivity index is 2.74. The van der Waals surface area contributed by atoms with E-state index in [2.05, 4.69) is 11.8 Å². The summed E-state index contributed by atoms with van der Waals surface area (Å²) in [5, 5.41) is 0. The summed E-state index contributed by atoms with van der Waals surface area (Å²) in [6.45, 7) is 14.0. The molecule has 1 saturated heterocycles. The topological polar surface area (TPSA) is 32.8 Å². The van der Waals surface area contributed by atoms with E-state index in [4.69, 9.17) is 4.74 Å². The number of hydrogen-bond donors (Lipinski definition) is 0. The van der Waals surface area contributed by atoms with E-state index < -0.39 is 5.60 Å². The number of allylic oxidation sites excluding steroid dienone is 4. The average molecular weight is 352 g/mol. The molecular formula is C20H33FN2O2. The van der Waals surface area contributed by atoms with E-state index in [1.165, 1.54) is 6.08 Å². The van der Waals surface area contributed by atoms with Gasteiger partial charge in [0.2, 0.25) is 0 Å². The molecule has 1 atom stereocenters. The molecule has 1 unspecified atom stereocenters. The van der Waals surface area contributed by atoms with E-state index >= 15 is 0 Å². The monoisotopic (exact) mass is 352 g/mol. The second kappa shape index (κ2) is 9.76. The smallest absolute Gasteiger partial charge is 0.410 e. The van der Waals surface area contributed by atoms with Crippen molar-refractivity contribution in [1.82, 2.24) is 9.80 Å². The number of piperazine rings is 1. The van der Waals surface area contributed by atoms with Gasteiger partial charge in [0.15, 0.2) is 0 Å². The number of amides is 1. The molecule has 0 saturated carbocycles. The molecule has 0 radical (unpaired) electrons. The first kappa shape index (κ1) is 21.4. The second-order valence-corrected chi connectivity index (χ2v) is 7.21. The fraction of sp³-hybridized carbons (Fsp3) is 0.650. The first-order valence-corrected chi connectivity index (χ1v) is 9.10. The third-order valence-electron chi connectivity index (χ3n) is 4.17. The van der Waals surface area contributed by atoms with Crippen LogP contribution < -0.4 is 0 Å². The lowest BCUT2D eigenvalue weighted by atomic mass is 10.00. The van der Waals surface area contributed by atoms with E-state index in [0.29, 0.717) is 31.8 Å². The molecule has 1 fully saturated rings. The van der Waals surface area contributed by atoms with E-state index in [-0.39, 0.29) is 18.0 Å². The van der Waals surface area contributed by atoms with Crippen molar-refractivity contribution in [1.29, 1.82) is 0 Å². The standard InChI is InChI=1S/C20H33FN2O2/c1-7-10-11-17(21)16(8-2)18(9-3)22-12-14-23(15-13-22)19(24)25-20(4,5)6/h7-8,10-11,18H,9,12-15H2,1-6H3/b10-7-,16-8+,17-11+. The minimum atomic E-state index is -0.487. The fourth-order valence-electron chi connectivity index (χ4n) is 2.98. The van der Waals surface area contributed by atoms with Crippen molar-refractivity contribution in [3.8, 4) is 0 Å². The molecule has 25 heavy (non-hydrogen) atoms. The molecule has 142 valence electrons. The van der Waals surface area contributed by atoms with Crippen molar-refractivity contribution >= 4 is 6.09 Å². The summed E-state index contributed by atoms with van der Waals surface area (Å²) in [6, 6.07) is 0.0206. The van der Waals surface area contributed by atoms with Crippen molar-refractivity contribution in [3.63, 3.8) is 0 Å². The predicted molar refractivity (Wildman–Crippen MR) is 101 cm³/mol. The Bertz CT molecular complexity index is 524. The van der Waals surface area contributed by atoms with Gasteiger partial charge in [-0.3, -0.25) is 4.90 Å². The quantitative estimate of drug-likeness (QED) is 0.673. The Labute approximate surface area is 152 Å². The highest BCUT2D eigenvalue weighted by Gasteiger charge is 2.30. The molecule has 0 aromatic rings. The van der Waals surface area contributed by atoms with E-state index in [1.807, 2.05) is 46.8 Å². The second-order valence-electron chi connectivity index (χ2n) is 7.21. The zero-order valence-corrected chi connectivity index (χ0v) is 16.5. The maximum atomic E-state index is 14.5. The summed E-state index contributed by atoms with van der Waals surface area (Å²) in [6.07, 6.45) is 7.44. The fourth-order valence-corrected chi connectivity index (χ4v) is 2.98. The molecule has 1 heterocycles. The Hall–Kier alpha value is -1.62. The highest BCUT2D eigenvalue weighted by Crippen LogP contribution is 2.24. The van der Waals surface area contributed by atoms with Gasteiger partial charge in [0, 0.05) is 37.8 Å². The van der Waals surface area contributed by atoms with Crippen molar-refractivity contribution in [2.75, 3.05) is 26.2 Å². The Morgan fingerprint density at radius 3 is 2.24 bits per heavy atom. The Kier molecular flexibility index (Phi) is 8.36. The molecule has 0 bridgehead atoms. The van der Waals surface area contributed by atoms with Gasteiger partial charge >= 0.3 is 6.09 Å². The average Bonchev–Trinajstić information content (AvgIpc) is 2.56. The number of nitrogens with zero attached hydrogens (tertiary/aromatic N) is 2.